The fourth-order valence-corrected chi connectivity index (χ4v) is 5.37. The predicted octanol–water partition coefficient (Wildman–Crippen LogP) is 8.99. The minimum Gasteiger partial charge on any atom is -0.495 e. The Labute approximate surface area is 293 Å². The molecule has 0 radical (unpaired) electrons. The molecule has 0 spiro atoms. The Morgan fingerprint density at radius 1 is 0.660 bits per heavy atom. The Kier molecular flexibility index (Phi) is 15.0. The van der Waals surface area contributed by atoms with Crippen LogP contribution in [-0.4, -0.2) is 48.3 Å². The molecule has 10 nitrogen and oxygen atoms in total. The van der Waals surface area contributed by atoms with Crippen LogP contribution in [0.15, 0.2) is 91.0 Å². The number of para-hydroxylation sites is 4. The van der Waals surface area contributed by atoms with Crippen LogP contribution in [0.25, 0.3) is 11.1 Å². The van der Waals surface area contributed by atoms with Crippen LogP contribution >= 0.6 is 0 Å². The molecule has 0 unspecified atom stereocenters. The zero-order valence-corrected chi connectivity index (χ0v) is 29.3. The van der Waals surface area contributed by atoms with E-state index in [0.717, 1.165) is 52.1 Å². The fraction of sp³-hybridized carbons (Fsp3) is 0.300. The first-order valence-electron chi connectivity index (χ1n) is 16.6. The number of carbonyl (C=O) groups excluding carboxylic acids is 2. The van der Waals surface area contributed by atoms with Crippen LogP contribution in [0.3, 0.4) is 0 Å². The summed E-state index contributed by atoms with van der Waals surface area (Å²) in [6.45, 7) is 6.27. The maximum atomic E-state index is 13.0. The third-order valence-corrected chi connectivity index (χ3v) is 8.10. The smallest absolute Gasteiger partial charge is 0.418 e. The summed E-state index contributed by atoms with van der Waals surface area (Å²) in [4.78, 5) is 50.1. The van der Waals surface area contributed by atoms with Gasteiger partial charge in [-0.3, -0.25) is 9.59 Å². The summed E-state index contributed by atoms with van der Waals surface area (Å²) >= 11 is 0. The van der Waals surface area contributed by atoms with E-state index in [1.807, 2.05) is 68.4 Å². The number of imide groups is 1. The summed E-state index contributed by atoms with van der Waals surface area (Å²) < 4.78 is 10.6. The number of hydrogen-bond acceptors (Lipinski definition) is 6. The Morgan fingerprint density at radius 2 is 1.20 bits per heavy atom. The number of carboxylic acid groups (broad SMARTS) is 2. The highest BCUT2D eigenvalue weighted by molar-refractivity contribution is 6.12. The summed E-state index contributed by atoms with van der Waals surface area (Å²) in [5.74, 6) is -0.280. The van der Waals surface area contributed by atoms with Gasteiger partial charge in [0.05, 0.1) is 37.7 Å². The lowest BCUT2D eigenvalue weighted by atomic mass is 9.96. The Balaban J connectivity index is 0.000000319. The van der Waals surface area contributed by atoms with Gasteiger partial charge >= 0.3 is 12.1 Å². The van der Waals surface area contributed by atoms with E-state index in [4.69, 9.17) is 14.6 Å². The number of benzene rings is 4. The van der Waals surface area contributed by atoms with Gasteiger partial charge in [0, 0.05) is 12.8 Å². The molecule has 0 saturated carbocycles. The number of amides is 3. The number of rotatable bonds is 14. The molecule has 0 aliphatic carbocycles. The van der Waals surface area contributed by atoms with Crippen LogP contribution in [-0.2, 0) is 16.1 Å². The molecule has 0 aromatic heterocycles. The number of hydrogen-bond donors (Lipinski definition) is 2. The van der Waals surface area contributed by atoms with E-state index in [1.165, 1.54) is 7.11 Å². The first-order chi connectivity index (χ1) is 24.1. The number of ether oxygens (including phenoxy) is 2. The van der Waals surface area contributed by atoms with Crippen molar-refractivity contribution in [2.45, 2.75) is 65.8 Å². The van der Waals surface area contributed by atoms with Crippen LogP contribution in [0.4, 0.5) is 16.2 Å². The zero-order chi connectivity index (χ0) is 36.6. The first-order valence-corrected chi connectivity index (χ1v) is 16.6. The fourth-order valence-electron chi connectivity index (χ4n) is 5.37. The zero-order valence-electron chi connectivity index (χ0n) is 29.3. The summed E-state index contributed by atoms with van der Waals surface area (Å²) in [6.07, 6.45) is 2.69. The van der Waals surface area contributed by atoms with Crippen LogP contribution in [0.1, 0.15) is 73.9 Å². The molecule has 0 saturated heterocycles. The molecule has 4 aromatic rings. The highest BCUT2D eigenvalue weighted by atomic mass is 16.5. The molecule has 0 bridgehead atoms. The second-order valence-corrected chi connectivity index (χ2v) is 11.5. The molecule has 10 heteroatoms. The number of methoxy groups -OCH3 is 2. The van der Waals surface area contributed by atoms with Gasteiger partial charge in [0.15, 0.2) is 0 Å². The standard InChI is InChI=1S/C27H29NO4.C13H17NO4/c1-4-5-13-26(29)28(24-11-6-7-12-25(24)32-3)18-20-14-16-21(17-15-20)22-9-8-10-23(19(22)2)27(30)31;1-3-4-9-12(15)14(13(16)17)10-7-5-6-8-11(10)18-2/h6-12,14-17H,4-5,13,18H2,1-3H3,(H,30,31);5-8H,3-4,9H2,1-2H3,(H,16,17). The number of nitrogens with zero attached hydrogens (tertiary/aromatic N) is 2. The second kappa shape index (κ2) is 19.4. The van der Waals surface area contributed by atoms with Crippen molar-refractivity contribution in [1.29, 1.82) is 0 Å². The first kappa shape index (κ1) is 38.8. The van der Waals surface area contributed by atoms with Gasteiger partial charge in [-0.15, -0.1) is 0 Å². The maximum absolute atomic E-state index is 13.0. The van der Waals surface area contributed by atoms with Crippen LogP contribution in [0.2, 0.25) is 0 Å². The third kappa shape index (κ3) is 10.2. The van der Waals surface area contributed by atoms with Gasteiger partial charge in [-0.25, -0.2) is 14.5 Å². The minimum absolute atomic E-state index is 0.0606. The van der Waals surface area contributed by atoms with Crippen molar-refractivity contribution in [3.63, 3.8) is 0 Å². The number of unbranched alkanes of at least 4 members (excludes halogenated alkanes) is 2. The van der Waals surface area contributed by atoms with E-state index in [1.54, 1.807) is 48.4 Å². The molecular formula is C40H46N2O8. The highest BCUT2D eigenvalue weighted by Gasteiger charge is 2.25. The van der Waals surface area contributed by atoms with Crippen molar-refractivity contribution in [3.8, 4) is 22.6 Å². The van der Waals surface area contributed by atoms with Gasteiger partial charge in [-0.1, -0.05) is 87.4 Å². The maximum Gasteiger partial charge on any atom is 0.418 e. The van der Waals surface area contributed by atoms with Gasteiger partial charge in [-0.2, -0.15) is 0 Å². The lowest BCUT2D eigenvalue weighted by Crippen LogP contribution is -2.35. The highest BCUT2D eigenvalue weighted by Crippen LogP contribution is 2.32. The van der Waals surface area contributed by atoms with Crippen molar-refractivity contribution in [1.82, 2.24) is 0 Å². The van der Waals surface area contributed by atoms with Crippen molar-refractivity contribution in [2.75, 3.05) is 24.0 Å². The number of carbonyl (C=O) groups is 4. The largest absolute Gasteiger partial charge is 0.495 e. The van der Waals surface area contributed by atoms with E-state index in [0.29, 0.717) is 36.4 Å². The number of anilines is 2. The molecule has 4 rings (SSSR count). The Morgan fingerprint density at radius 3 is 1.74 bits per heavy atom. The molecule has 0 aliphatic heterocycles. The molecule has 2 N–H and O–H groups in total. The van der Waals surface area contributed by atoms with E-state index < -0.39 is 18.0 Å². The summed E-state index contributed by atoms with van der Waals surface area (Å²) in [6, 6.07) is 27.3. The summed E-state index contributed by atoms with van der Waals surface area (Å²) in [5.41, 5.74) is 4.86. The van der Waals surface area contributed by atoms with Crippen LogP contribution in [0.5, 0.6) is 11.5 Å². The van der Waals surface area contributed by atoms with Crippen LogP contribution in [0, 0.1) is 6.92 Å². The molecule has 50 heavy (non-hydrogen) atoms. The molecule has 0 fully saturated rings. The van der Waals surface area contributed by atoms with Crippen molar-refractivity contribution in [3.05, 3.63) is 108 Å². The van der Waals surface area contributed by atoms with E-state index in [-0.39, 0.29) is 18.0 Å². The minimum atomic E-state index is -1.29. The molecule has 0 heterocycles. The average Bonchev–Trinajstić information content (AvgIpc) is 3.12. The van der Waals surface area contributed by atoms with Crippen molar-refractivity contribution in [2.24, 2.45) is 0 Å². The topological polar surface area (TPSA) is 134 Å². The Bertz CT molecular complexity index is 1750. The molecule has 4 aromatic carbocycles. The van der Waals surface area contributed by atoms with E-state index >= 15 is 0 Å². The summed E-state index contributed by atoms with van der Waals surface area (Å²) in [5, 5.41) is 18.6. The van der Waals surface area contributed by atoms with Gasteiger partial charge in [-0.05, 0) is 72.4 Å². The van der Waals surface area contributed by atoms with Gasteiger partial charge in [0.25, 0.3) is 0 Å². The molecule has 264 valence electrons. The van der Waals surface area contributed by atoms with E-state index in [9.17, 15) is 24.3 Å². The summed E-state index contributed by atoms with van der Waals surface area (Å²) in [7, 11) is 3.05. The lowest BCUT2D eigenvalue weighted by Gasteiger charge is -2.25. The van der Waals surface area contributed by atoms with E-state index in [2.05, 4.69) is 6.92 Å². The Hall–Kier alpha value is -5.64. The lowest BCUT2D eigenvalue weighted by molar-refractivity contribution is -0.119. The second-order valence-electron chi connectivity index (χ2n) is 11.5. The predicted molar refractivity (Wildman–Crippen MR) is 195 cm³/mol. The van der Waals surface area contributed by atoms with Crippen LogP contribution < -0.4 is 19.3 Å². The normalized spacial score (nSPS) is 10.3. The van der Waals surface area contributed by atoms with Gasteiger partial charge in [0.2, 0.25) is 11.8 Å². The van der Waals surface area contributed by atoms with Crippen molar-refractivity contribution >= 4 is 35.3 Å². The van der Waals surface area contributed by atoms with Crippen molar-refractivity contribution < 1.29 is 38.9 Å². The molecule has 3 amide bonds. The third-order valence-electron chi connectivity index (χ3n) is 8.10. The average molecular weight is 683 g/mol. The van der Waals surface area contributed by atoms with Gasteiger partial charge in [0.1, 0.15) is 11.5 Å². The molecule has 0 atom stereocenters. The quantitative estimate of drug-likeness (QED) is 0.135. The number of carboxylic acids is 1. The molecule has 0 aliphatic rings. The number of aromatic carboxylic acids is 1. The SMILES string of the molecule is CCCCC(=O)N(C(=O)O)c1ccccc1OC.CCCCC(=O)N(Cc1ccc(-c2cccc(C(=O)O)c2C)cc1)c1ccccc1OC. The molecular weight excluding hydrogens is 636 g/mol. The monoisotopic (exact) mass is 682 g/mol. The van der Waals surface area contributed by atoms with Gasteiger partial charge < -0.3 is 24.6 Å².